The molecule has 0 radical (unpaired) electrons. The second-order valence-corrected chi connectivity index (χ2v) is 5.43. The van der Waals surface area contributed by atoms with E-state index in [4.69, 9.17) is 0 Å². The lowest BCUT2D eigenvalue weighted by Crippen LogP contribution is -2.23. The van der Waals surface area contributed by atoms with Crippen LogP contribution in [0.1, 0.15) is 43.2 Å². The highest BCUT2D eigenvalue weighted by Gasteiger charge is 2.28. The lowest BCUT2D eigenvalue weighted by Gasteiger charge is -2.16. The highest BCUT2D eigenvalue weighted by molar-refractivity contribution is 6.40. The largest absolute Gasteiger partial charge is 0.300 e. The van der Waals surface area contributed by atoms with Crippen molar-refractivity contribution in [3.63, 3.8) is 0 Å². The van der Waals surface area contributed by atoms with E-state index in [2.05, 4.69) is 0 Å². The minimum atomic E-state index is -0.610. The van der Waals surface area contributed by atoms with Crippen molar-refractivity contribution in [1.29, 1.82) is 0 Å². The van der Waals surface area contributed by atoms with E-state index in [1.54, 1.807) is 6.92 Å². The molecule has 0 aromatic heterocycles. The molecule has 0 unspecified atom stereocenters. The monoisotopic (exact) mass is 308 g/mol. The van der Waals surface area contributed by atoms with Crippen LogP contribution in [-0.2, 0) is 14.4 Å². The summed E-state index contributed by atoms with van der Waals surface area (Å²) in [5.74, 6) is -1.54. The van der Waals surface area contributed by atoms with E-state index in [0.29, 0.717) is 6.42 Å². The molecule has 0 heterocycles. The van der Waals surface area contributed by atoms with Gasteiger partial charge in [-0.1, -0.05) is 67.6 Å². The number of rotatable bonds is 8. The predicted molar refractivity (Wildman–Crippen MR) is 89.3 cm³/mol. The van der Waals surface area contributed by atoms with Gasteiger partial charge in [-0.25, -0.2) is 0 Å². The Bertz CT molecular complexity index is 635. The van der Waals surface area contributed by atoms with Crippen LogP contribution in [0.3, 0.4) is 0 Å². The van der Waals surface area contributed by atoms with Gasteiger partial charge in [0.05, 0.1) is 5.92 Å². The summed E-state index contributed by atoms with van der Waals surface area (Å²) in [6, 6.07) is 18.5. The van der Waals surface area contributed by atoms with Gasteiger partial charge in [-0.15, -0.1) is 0 Å². The molecule has 2 aromatic rings. The second-order valence-electron chi connectivity index (χ2n) is 5.43. The molecule has 0 amide bonds. The van der Waals surface area contributed by atoms with Crippen LogP contribution in [0.2, 0.25) is 0 Å². The maximum atomic E-state index is 12.7. The zero-order chi connectivity index (χ0) is 16.7. The van der Waals surface area contributed by atoms with Gasteiger partial charge < -0.3 is 0 Å². The molecule has 0 saturated carbocycles. The molecule has 0 aliphatic rings. The summed E-state index contributed by atoms with van der Waals surface area (Å²) in [6.45, 7) is 1.76. The third-order valence-corrected chi connectivity index (χ3v) is 3.83. The fourth-order valence-corrected chi connectivity index (χ4v) is 2.50. The smallest absolute Gasteiger partial charge is 0.210 e. The normalized spacial score (nSPS) is 10.5. The third-order valence-electron chi connectivity index (χ3n) is 3.83. The summed E-state index contributed by atoms with van der Waals surface area (Å²) in [6.07, 6.45) is 0.515. The zero-order valence-electron chi connectivity index (χ0n) is 13.2. The number of ketones is 3. The van der Waals surface area contributed by atoms with Crippen LogP contribution >= 0.6 is 0 Å². The Morgan fingerprint density at radius 2 is 1.26 bits per heavy atom. The van der Waals surface area contributed by atoms with Crippen LogP contribution in [0.4, 0.5) is 0 Å². The lowest BCUT2D eigenvalue weighted by molar-refractivity contribution is -0.137. The number of hydrogen-bond donors (Lipinski definition) is 0. The second kappa shape index (κ2) is 8.18. The Morgan fingerprint density at radius 1 is 0.783 bits per heavy atom. The Labute approximate surface area is 136 Å². The van der Waals surface area contributed by atoms with Crippen molar-refractivity contribution < 1.29 is 14.4 Å². The van der Waals surface area contributed by atoms with Crippen molar-refractivity contribution >= 4 is 17.3 Å². The van der Waals surface area contributed by atoms with Crippen LogP contribution in [0.25, 0.3) is 0 Å². The highest BCUT2D eigenvalue weighted by atomic mass is 16.2. The number of hydrogen-bond acceptors (Lipinski definition) is 3. The molecule has 2 rings (SSSR count). The van der Waals surface area contributed by atoms with E-state index in [1.807, 2.05) is 60.7 Å². The molecular weight excluding hydrogens is 288 g/mol. The van der Waals surface area contributed by atoms with Gasteiger partial charge in [0.25, 0.3) is 0 Å². The first kappa shape index (κ1) is 16.8. The minimum absolute atomic E-state index is 0.00197. The number of benzene rings is 2. The maximum Gasteiger partial charge on any atom is 0.210 e. The Balaban J connectivity index is 2.26. The molecular formula is C20H20O3. The molecule has 0 atom stereocenters. The fourth-order valence-electron chi connectivity index (χ4n) is 2.50. The quantitative estimate of drug-likeness (QED) is 0.698. The van der Waals surface area contributed by atoms with Crippen LogP contribution in [-0.4, -0.2) is 17.3 Å². The molecule has 3 heteroatoms. The van der Waals surface area contributed by atoms with Crippen molar-refractivity contribution in [2.24, 2.45) is 0 Å². The van der Waals surface area contributed by atoms with E-state index in [9.17, 15) is 14.4 Å². The average molecular weight is 308 g/mol. The summed E-state index contributed by atoms with van der Waals surface area (Å²) < 4.78 is 0. The van der Waals surface area contributed by atoms with E-state index in [1.165, 1.54) is 0 Å². The fraction of sp³-hybridized carbons (Fsp3) is 0.250. The summed E-state index contributed by atoms with van der Waals surface area (Å²) >= 11 is 0. The van der Waals surface area contributed by atoms with Gasteiger partial charge in [0.1, 0.15) is 5.78 Å². The van der Waals surface area contributed by atoms with E-state index < -0.39 is 17.5 Å². The molecule has 0 saturated heterocycles. The van der Waals surface area contributed by atoms with Crippen molar-refractivity contribution in [1.82, 2.24) is 0 Å². The first-order chi connectivity index (χ1) is 11.1. The zero-order valence-corrected chi connectivity index (χ0v) is 13.2. The SMILES string of the molecule is CCC(=O)CCC(=O)C(=O)C(c1ccccc1)c1ccccc1. The van der Waals surface area contributed by atoms with Gasteiger partial charge in [0.2, 0.25) is 5.78 Å². The maximum absolute atomic E-state index is 12.7. The number of Topliss-reactive ketones (excluding diaryl/α,β-unsaturated/α-hetero) is 3. The standard InChI is InChI=1S/C20H20O3/c1-2-17(21)13-14-18(22)20(23)19(15-9-5-3-6-10-15)16-11-7-4-8-12-16/h3-12,19H,2,13-14H2,1H3. The first-order valence-corrected chi connectivity index (χ1v) is 7.82. The van der Waals surface area contributed by atoms with Gasteiger partial charge in [-0.2, -0.15) is 0 Å². The van der Waals surface area contributed by atoms with Gasteiger partial charge in [0.15, 0.2) is 5.78 Å². The van der Waals surface area contributed by atoms with Gasteiger partial charge >= 0.3 is 0 Å². The molecule has 118 valence electrons. The average Bonchev–Trinajstić information content (AvgIpc) is 2.61. The van der Waals surface area contributed by atoms with Gasteiger partial charge in [-0.3, -0.25) is 14.4 Å². The van der Waals surface area contributed by atoms with E-state index in [0.717, 1.165) is 11.1 Å². The molecule has 0 aliphatic carbocycles. The van der Waals surface area contributed by atoms with Crippen molar-refractivity contribution in [3.05, 3.63) is 71.8 Å². The van der Waals surface area contributed by atoms with Crippen molar-refractivity contribution in [2.75, 3.05) is 0 Å². The Morgan fingerprint density at radius 3 is 1.70 bits per heavy atom. The molecule has 0 aliphatic heterocycles. The molecule has 3 nitrogen and oxygen atoms in total. The lowest BCUT2D eigenvalue weighted by atomic mass is 9.85. The van der Waals surface area contributed by atoms with Crippen LogP contribution in [0.5, 0.6) is 0 Å². The molecule has 0 N–H and O–H groups in total. The highest BCUT2D eigenvalue weighted by Crippen LogP contribution is 2.26. The predicted octanol–water partition coefficient (Wildman–Crippen LogP) is 3.72. The number of carbonyl (C=O) groups excluding carboxylic acids is 3. The van der Waals surface area contributed by atoms with Gasteiger partial charge in [0, 0.05) is 19.3 Å². The van der Waals surface area contributed by atoms with Crippen LogP contribution < -0.4 is 0 Å². The molecule has 0 bridgehead atoms. The Hall–Kier alpha value is -2.55. The molecule has 2 aromatic carbocycles. The molecule has 0 fully saturated rings. The van der Waals surface area contributed by atoms with Crippen molar-refractivity contribution in [3.8, 4) is 0 Å². The summed E-state index contributed by atoms with van der Waals surface area (Å²) in [4.78, 5) is 36.3. The van der Waals surface area contributed by atoms with Gasteiger partial charge in [-0.05, 0) is 11.1 Å². The summed E-state index contributed by atoms with van der Waals surface area (Å²) in [7, 11) is 0. The minimum Gasteiger partial charge on any atom is -0.300 e. The third kappa shape index (κ3) is 4.46. The summed E-state index contributed by atoms with van der Waals surface area (Å²) in [5, 5.41) is 0. The topological polar surface area (TPSA) is 51.2 Å². The molecule has 23 heavy (non-hydrogen) atoms. The summed E-state index contributed by atoms with van der Waals surface area (Å²) in [5.41, 5.74) is 1.58. The first-order valence-electron chi connectivity index (χ1n) is 7.82. The Kier molecular flexibility index (Phi) is 5.98. The van der Waals surface area contributed by atoms with Crippen LogP contribution in [0, 0.1) is 0 Å². The van der Waals surface area contributed by atoms with Crippen LogP contribution in [0.15, 0.2) is 60.7 Å². The van der Waals surface area contributed by atoms with Crippen molar-refractivity contribution in [2.45, 2.75) is 32.1 Å². The number of carbonyl (C=O) groups is 3. The van der Waals surface area contributed by atoms with E-state index in [-0.39, 0.29) is 18.6 Å². The van der Waals surface area contributed by atoms with E-state index >= 15 is 0 Å². The molecule has 0 spiro atoms.